The van der Waals surface area contributed by atoms with Crippen molar-refractivity contribution >= 4 is 17.4 Å². The fourth-order valence-corrected chi connectivity index (χ4v) is 4.71. The molecule has 1 N–H and O–H groups in total. The fraction of sp³-hybridized carbons (Fsp3) is 0.172. The van der Waals surface area contributed by atoms with Gasteiger partial charge in [0, 0.05) is 30.6 Å². The minimum Gasteiger partial charge on any atom is -0.371 e. The summed E-state index contributed by atoms with van der Waals surface area (Å²) in [6.07, 6.45) is -3.68. The molecule has 0 amide bonds. The summed E-state index contributed by atoms with van der Waals surface area (Å²) in [6, 6.07) is 22.6. The van der Waals surface area contributed by atoms with E-state index in [4.69, 9.17) is 0 Å². The van der Waals surface area contributed by atoms with Crippen LogP contribution in [0, 0.1) is 0 Å². The van der Waals surface area contributed by atoms with E-state index in [1.54, 1.807) is 24.3 Å². The van der Waals surface area contributed by atoms with Crippen molar-refractivity contribution in [2.75, 3.05) is 11.9 Å². The highest BCUT2D eigenvalue weighted by molar-refractivity contribution is 6.15. The normalized spacial score (nSPS) is 13.1. The summed E-state index contributed by atoms with van der Waals surface area (Å²) in [5, 5.41) is 3.31. The van der Waals surface area contributed by atoms with Gasteiger partial charge in [0.2, 0.25) is 0 Å². The van der Waals surface area contributed by atoms with Crippen molar-refractivity contribution in [1.82, 2.24) is 4.57 Å². The van der Waals surface area contributed by atoms with Crippen LogP contribution in [0.4, 0.5) is 19.0 Å². The second kappa shape index (κ2) is 9.49. The molecule has 1 aliphatic heterocycles. The van der Waals surface area contributed by atoms with E-state index < -0.39 is 17.5 Å². The van der Waals surface area contributed by atoms with Crippen molar-refractivity contribution in [2.24, 2.45) is 0 Å². The molecular formula is C29H23F3N2O2. The minimum atomic E-state index is -4.49. The quantitative estimate of drug-likeness (QED) is 0.309. The number of aromatic nitrogens is 1. The van der Waals surface area contributed by atoms with E-state index in [1.807, 2.05) is 41.0 Å². The number of nitrogens with zero attached hydrogens (tertiary/aromatic N) is 1. The third kappa shape index (κ3) is 4.44. The largest absolute Gasteiger partial charge is 0.416 e. The maximum absolute atomic E-state index is 13.8. The lowest BCUT2D eigenvalue weighted by molar-refractivity contribution is -0.137. The molecule has 4 nitrogen and oxygen atoms in total. The van der Waals surface area contributed by atoms with Crippen LogP contribution in [-0.2, 0) is 19.1 Å². The van der Waals surface area contributed by atoms with Gasteiger partial charge in [-0.1, -0.05) is 72.8 Å². The second-order valence-corrected chi connectivity index (χ2v) is 8.72. The van der Waals surface area contributed by atoms with Crippen molar-refractivity contribution in [3.8, 4) is 11.3 Å². The Morgan fingerprint density at radius 3 is 2.11 bits per heavy atom. The highest BCUT2D eigenvalue weighted by Crippen LogP contribution is 2.39. The predicted octanol–water partition coefficient (Wildman–Crippen LogP) is 6.65. The summed E-state index contributed by atoms with van der Waals surface area (Å²) >= 11 is 0. The van der Waals surface area contributed by atoms with E-state index in [0.717, 1.165) is 29.8 Å². The lowest BCUT2D eigenvalue weighted by Gasteiger charge is -2.20. The van der Waals surface area contributed by atoms with Gasteiger partial charge in [0.05, 0.1) is 16.8 Å². The molecule has 0 spiro atoms. The Balaban J connectivity index is 1.68. The van der Waals surface area contributed by atoms with Gasteiger partial charge in [-0.2, -0.15) is 13.2 Å². The molecule has 0 bridgehead atoms. The number of halogens is 3. The monoisotopic (exact) mass is 488 g/mol. The average Bonchev–Trinajstić information content (AvgIpc) is 3.22. The zero-order chi connectivity index (χ0) is 25.3. The van der Waals surface area contributed by atoms with E-state index in [-0.39, 0.29) is 17.8 Å². The van der Waals surface area contributed by atoms with Crippen LogP contribution in [0.3, 0.4) is 0 Å². The molecule has 0 aliphatic carbocycles. The summed E-state index contributed by atoms with van der Waals surface area (Å²) < 4.78 is 41.3. The number of ketones is 2. The first kappa shape index (κ1) is 23.6. The topological polar surface area (TPSA) is 51.1 Å². The molecule has 0 fully saturated rings. The van der Waals surface area contributed by atoms with E-state index in [0.29, 0.717) is 35.6 Å². The zero-order valence-corrected chi connectivity index (χ0v) is 19.3. The Labute approximate surface area is 206 Å². The summed E-state index contributed by atoms with van der Waals surface area (Å²) in [5.74, 6) is 0.0398. The molecule has 182 valence electrons. The Morgan fingerprint density at radius 1 is 0.833 bits per heavy atom. The van der Waals surface area contributed by atoms with Crippen LogP contribution in [0.15, 0.2) is 84.9 Å². The van der Waals surface area contributed by atoms with Gasteiger partial charge in [0.25, 0.3) is 0 Å². The first-order valence-electron chi connectivity index (χ1n) is 11.7. The highest BCUT2D eigenvalue weighted by atomic mass is 19.4. The molecule has 1 aromatic heterocycles. The first-order chi connectivity index (χ1) is 17.3. The lowest BCUT2D eigenvalue weighted by Crippen LogP contribution is -2.19. The van der Waals surface area contributed by atoms with Crippen LogP contribution in [0.1, 0.15) is 43.8 Å². The standard InChI is InChI=1S/C29H23F3N2O2/c30-29(31,32)22-14-12-21(13-15-22)27(36)25-23(18-24(35)19-8-3-1-4-9-19)26(20-10-5-2-6-11-20)34-17-7-16-33-28(25)34/h1-6,8-15,33H,7,16-18H2. The van der Waals surface area contributed by atoms with Gasteiger partial charge in [-0.15, -0.1) is 0 Å². The molecule has 2 heterocycles. The molecule has 5 rings (SSSR count). The number of hydrogen-bond acceptors (Lipinski definition) is 3. The van der Waals surface area contributed by atoms with Crippen LogP contribution >= 0.6 is 0 Å². The number of carbonyl (C=O) groups excluding carboxylic acids is 2. The Kier molecular flexibility index (Phi) is 6.22. The molecule has 1 aliphatic rings. The maximum Gasteiger partial charge on any atom is 0.416 e. The summed E-state index contributed by atoms with van der Waals surface area (Å²) in [4.78, 5) is 27.1. The number of anilines is 1. The van der Waals surface area contributed by atoms with Crippen LogP contribution in [0.2, 0.25) is 0 Å². The molecule has 7 heteroatoms. The fourth-order valence-electron chi connectivity index (χ4n) is 4.71. The number of benzene rings is 3. The Morgan fingerprint density at radius 2 is 1.47 bits per heavy atom. The van der Waals surface area contributed by atoms with Crippen molar-refractivity contribution in [3.63, 3.8) is 0 Å². The number of alkyl halides is 3. The van der Waals surface area contributed by atoms with E-state index >= 15 is 0 Å². The van der Waals surface area contributed by atoms with Crippen LogP contribution < -0.4 is 5.32 Å². The van der Waals surface area contributed by atoms with Gasteiger partial charge in [-0.05, 0) is 29.7 Å². The van der Waals surface area contributed by atoms with E-state index in [1.165, 1.54) is 12.1 Å². The number of carbonyl (C=O) groups is 2. The molecule has 0 unspecified atom stereocenters. The number of Topliss-reactive ketones (excluding diaryl/α,β-unsaturated/α-hetero) is 1. The van der Waals surface area contributed by atoms with Crippen molar-refractivity contribution in [3.05, 3.63) is 113 Å². The van der Waals surface area contributed by atoms with Crippen molar-refractivity contribution < 1.29 is 22.8 Å². The molecule has 0 saturated carbocycles. The van der Waals surface area contributed by atoms with Crippen LogP contribution in [0.25, 0.3) is 11.3 Å². The third-order valence-electron chi connectivity index (χ3n) is 6.40. The highest BCUT2D eigenvalue weighted by Gasteiger charge is 2.33. The molecule has 0 radical (unpaired) electrons. The molecular weight excluding hydrogens is 465 g/mol. The van der Waals surface area contributed by atoms with Crippen LogP contribution in [0.5, 0.6) is 0 Å². The molecule has 36 heavy (non-hydrogen) atoms. The summed E-state index contributed by atoms with van der Waals surface area (Å²) in [7, 11) is 0. The SMILES string of the molecule is O=C(Cc1c(C(=O)c2ccc(C(F)(F)F)cc2)c2n(c1-c1ccccc1)CCCN2)c1ccccc1. The molecule has 4 aromatic rings. The molecule has 0 saturated heterocycles. The van der Waals surface area contributed by atoms with Crippen molar-refractivity contribution in [2.45, 2.75) is 25.6 Å². The van der Waals surface area contributed by atoms with Gasteiger partial charge >= 0.3 is 6.18 Å². The number of fused-ring (bicyclic) bond motifs is 1. The maximum atomic E-state index is 13.8. The molecule has 3 aromatic carbocycles. The Hall–Kier alpha value is -4.13. The van der Waals surface area contributed by atoms with Gasteiger partial charge in [-0.3, -0.25) is 9.59 Å². The van der Waals surface area contributed by atoms with Gasteiger partial charge in [0.15, 0.2) is 11.6 Å². The smallest absolute Gasteiger partial charge is 0.371 e. The second-order valence-electron chi connectivity index (χ2n) is 8.72. The third-order valence-corrected chi connectivity index (χ3v) is 6.40. The van der Waals surface area contributed by atoms with E-state index in [2.05, 4.69) is 5.32 Å². The molecule has 0 atom stereocenters. The number of rotatable bonds is 6. The van der Waals surface area contributed by atoms with Gasteiger partial charge in [-0.25, -0.2) is 0 Å². The van der Waals surface area contributed by atoms with Gasteiger partial charge < -0.3 is 9.88 Å². The summed E-state index contributed by atoms with van der Waals surface area (Å²) in [5.41, 5.74) is 2.39. The number of nitrogens with one attached hydrogen (secondary N) is 1. The first-order valence-corrected chi connectivity index (χ1v) is 11.7. The predicted molar refractivity (Wildman–Crippen MR) is 132 cm³/mol. The zero-order valence-electron chi connectivity index (χ0n) is 19.3. The van der Waals surface area contributed by atoms with E-state index in [9.17, 15) is 22.8 Å². The Bertz CT molecular complexity index is 1410. The van der Waals surface area contributed by atoms with Gasteiger partial charge in [0.1, 0.15) is 5.82 Å². The van der Waals surface area contributed by atoms with Crippen molar-refractivity contribution in [1.29, 1.82) is 0 Å². The average molecular weight is 489 g/mol. The lowest BCUT2D eigenvalue weighted by atomic mass is 9.93. The number of hydrogen-bond donors (Lipinski definition) is 1. The summed E-state index contributed by atoms with van der Waals surface area (Å²) in [6.45, 7) is 1.30. The minimum absolute atomic E-state index is 0.0162. The van der Waals surface area contributed by atoms with Crippen LogP contribution in [-0.4, -0.2) is 22.7 Å².